The average molecular weight is 403 g/mol. The Morgan fingerprint density at radius 3 is 2.57 bits per heavy atom. The molecule has 1 aromatic heterocycles. The molecule has 1 saturated heterocycles. The minimum atomic E-state index is -0.739. The zero-order valence-electron chi connectivity index (χ0n) is 15.8. The van der Waals surface area contributed by atoms with E-state index in [1.165, 1.54) is 37.6 Å². The van der Waals surface area contributed by atoms with Crippen molar-refractivity contribution < 1.29 is 28.9 Å². The van der Waals surface area contributed by atoms with Crippen LogP contribution in [-0.2, 0) is 14.3 Å². The molecule has 0 spiro atoms. The highest BCUT2D eigenvalue weighted by atomic mass is 32.1. The molecule has 0 radical (unpaired) electrons. The number of Topliss-reactive ketones (excluding diaryl/α,β-unsaturated/α-hetero) is 1. The fraction of sp³-hybridized carbons (Fsp3) is 0.300. The van der Waals surface area contributed by atoms with E-state index >= 15 is 0 Å². The maximum absolute atomic E-state index is 12.8. The zero-order chi connectivity index (χ0) is 20.3. The highest BCUT2D eigenvalue weighted by Gasteiger charge is 2.46. The zero-order valence-corrected chi connectivity index (χ0v) is 16.6. The monoisotopic (exact) mass is 403 g/mol. The molecule has 148 valence electrons. The molecule has 1 N–H and O–H groups in total. The molecule has 3 rings (SSSR count). The van der Waals surface area contributed by atoms with Gasteiger partial charge in [-0.2, -0.15) is 0 Å². The van der Waals surface area contributed by atoms with Gasteiger partial charge in [0, 0.05) is 18.5 Å². The number of methoxy groups -OCH3 is 3. The minimum absolute atomic E-state index is 0.0232. The average Bonchev–Trinajstić information content (AvgIpc) is 3.33. The van der Waals surface area contributed by atoms with Gasteiger partial charge in [-0.1, -0.05) is 6.07 Å². The van der Waals surface area contributed by atoms with E-state index in [0.29, 0.717) is 11.5 Å². The van der Waals surface area contributed by atoms with Crippen LogP contribution in [-0.4, -0.2) is 56.2 Å². The molecule has 0 saturated carbocycles. The standard InChI is InChI=1S/C20H21NO6S/c1-25-9-8-21-17(15-5-4-10-28-15)16(19(23)20(21)24)18(22)13-11-12(26-2)6-7-14(13)27-3/h4-7,10-11,17,22H,8-9H2,1-3H3/b18-16-. The van der Waals surface area contributed by atoms with Gasteiger partial charge in [-0.25, -0.2) is 0 Å². The van der Waals surface area contributed by atoms with E-state index in [1.807, 2.05) is 17.5 Å². The lowest BCUT2D eigenvalue weighted by Crippen LogP contribution is -2.32. The Kier molecular flexibility index (Phi) is 6.01. The summed E-state index contributed by atoms with van der Waals surface area (Å²) >= 11 is 1.41. The normalized spacial score (nSPS) is 18.5. The molecule has 7 nitrogen and oxygen atoms in total. The summed E-state index contributed by atoms with van der Waals surface area (Å²) in [5.41, 5.74) is 0.309. The molecule has 1 aliphatic rings. The van der Waals surface area contributed by atoms with Gasteiger partial charge in [0.25, 0.3) is 11.7 Å². The summed E-state index contributed by atoms with van der Waals surface area (Å²) in [6.45, 7) is 0.507. The van der Waals surface area contributed by atoms with Crippen molar-refractivity contribution in [3.63, 3.8) is 0 Å². The Morgan fingerprint density at radius 1 is 1.18 bits per heavy atom. The van der Waals surface area contributed by atoms with Gasteiger partial charge < -0.3 is 24.2 Å². The Labute approximate surface area is 166 Å². The maximum atomic E-state index is 12.8. The largest absolute Gasteiger partial charge is 0.507 e. The molecule has 1 amide bonds. The Bertz CT molecular complexity index is 905. The van der Waals surface area contributed by atoms with Gasteiger partial charge in [-0.05, 0) is 29.6 Å². The van der Waals surface area contributed by atoms with Gasteiger partial charge >= 0.3 is 0 Å². The van der Waals surface area contributed by atoms with Crippen LogP contribution >= 0.6 is 11.3 Å². The van der Waals surface area contributed by atoms with Crippen molar-refractivity contribution in [1.29, 1.82) is 0 Å². The van der Waals surface area contributed by atoms with Crippen molar-refractivity contribution >= 4 is 28.8 Å². The SMILES string of the molecule is COCCN1C(=O)C(=O)/C(=C(\O)c2cc(OC)ccc2OC)C1c1cccs1. The first-order valence-corrected chi connectivity index (χ1v) is 9.44. The number of hydrogen-bond donors (Lipinski definition) is 1. The molecule has 0 bridgehead atoms. The van der Waals surface area contributed by atoms with E-state index in [9.17, 15) is 14.7 Å². The van der Waals surface area contributed by atoms with Crippen LogP contribution in [0.15, 0.2) is 41.3 Å². The fourth-order valence-corrected chi connectivity index (χ4v) is 4.03. The van der Waals surface area contributed by atoms with Gasteiger partial charge in [0.2, 0.25) is 0 Å². The Hall–Kier alpha value is -2.84. The number of amides is 1. The van der Waals surface area contributed by atoms with Crippen LogP contribution in [0, 0.1) is 0 Å². The topological polar surface area (TPSA) is 85.3 Å². The molecular formula is C20H21NO6S. The third-order valence-electron chi connectivity index (χ3n) is 4.55. The first-order chi connectivity index (χ1) is 13.5. The van der Waals surface area contributed by atoms with Gasteiger partial charge in [0.15, 0.2) is 0 Å². The number of rotatable bonds is 7. The first kappa shape index (κ1) is 19.9. The first-order valence-electron chi connectivity index (χ1n) is 8.56. The quantitative estimate of drug-likeness (QED) is 0.435. The number of carbonyl (C=O) groups excluding carboxylic acids is 2. The second-order valence-electron chi connectivity index (χ2n) is 6.07. The molecule has 1 aromatic carbocycles. The number of hydrogen-bond acceptors (Lipinski definition) is 7. The molecule has 0 aliphatic carbocycles. The van der Waals surface area contributed by atoms with Crippen LogP contribution < -0.4 is 9.47 Å². The van der Waals surface area contributed by atoms with Crippen molar-refractivity contribution in [2.24, 2.45) is 0 Å². The summed E-state index contributed by atoms with van der Waals surface area (Å²) in [5.74, 6) is -0.849. The van der Waals surface area contributed by atoms with Crippen LogP contribution in [0.3, 0.4) is 0 Å². The summed E-state index contributed by atoms with van der Waals surface area (Å²) in [7, 11) is 4.49. The number of nitrogens with zero attached hydrogens (tertiary/aromatic N) is 1. The number of benzene rings is 1. The van der Waals surface area contributed by atoms with Crippen molar-refractivity contribution in [3.8, 4) is 11.5 Å². The Morgan fingerprint density at radius 2 is 1.96 bits per heavy atom. The number of carbonyl (C=O) groups is 2. The van der Waals surface area contributed by atoms with E-state index in [-0.39, 0.29) is 30.0 Å². The highest BCUT2D eigenvalue weighted by Crippen LogP contribution is 2.42. The number of ether oxygens (including phenoxy) is 3. The van der Waals surface area contributed by atoms with E-state index < -0.39 is 17.7 Å². The van der Waals surface area contributed by atoms with E-state index in [2.05, 4.69) is 0 Å². The maximum Gasteiger partial charge on any atom is 0.295 e. The van der Waals surface area contributed by atoms with Gasteiger partial charge in [-0.3, -0.25) is 9.59 Å². The second-order valence-corrected chi connectivity index (χ2v) is 7.05. The van der Waals surface area contributed by atoms with E-state index in [0.717, 1.165) is 4.88 Å². The van der Waals surface area contributed by atoms with Crippen LogP contribution in [0.4, 0.5) is 0 Å². The third-order valence-corrected chi connectivity index (χ3v) is 5.48. The van der Waals surface area contributed by atoms with E-state index in [4.69, 9.17) is 14.2 Å². The van der Waals surface area contributed by atoms with Crippen molar-refractivity contribution in [2.45, 2.75) is 6.04 Å². The third kappa shape index (κ3) is 3.48. The van der Waals surface area contributed by atoms with E-state index in [1.54, 1.807) is 18.2 Å². The summed E-state index contributed by atoms with van der Waals surface area (Å²) in [6, 6.07) is 7.87. The fourth-order valence-electron chi connectivity index (χ4n) is 3.19. The van der Waals surface area contributed by atoms with Crippen molar-refractivity contribution in [2.75, 3.05) is 34.5 Å². The number of aliphatic hydroxyl groups is 1. The van der Waals surface area contributed by atoms with Gasteiger partial charge in [-0.15, -0.1) is 11.3 Å². The lowest BCUT2D eigenvalue weighted by molar-refractivity contribution is -0.140. The number of ketones is 1. The Balaban J connectivity index is 2.19. The van der Waals surface area contributed by atoms with Crippen molar-refractivity contribution in [3.05, 3.63) is 51.7 Å². The summed E-state index contributed by atoms with van der Waals surface area (Å²) in [4.78, 5) is 27.7. The smallest absolute Gasteiger partial charge is 0.295 e. The predicted molar refractivity (Wildman–Crippen MR) is 105 cm³/mol. The van der Waals surface area contributed by atoms with Gasteiger partial charge in [0.05, 0.1) is 38.0 Å². The molecule has 2 heterocycles. The molecule has 2 aromatic rings. The number of aliphatic hydroxyl groups excluding tert-OH is 1. The molecule has 28 heavy (non-hydrogen) atoms. The van der Waals surface area contributed by atoms with Crippen molar-refractivity contribution in [1.82, 2.24) is 4.90 Å². The molecular weight excluding hydrogens is 382 g/mol. The molecule has 1 fully saturated rings. The van der Waals surface area contributed by atoms with Crippen LogP contribution in [0.5, 0.6) is 11.5 Å². The summed E-state index contributed by atoms with van der Waals surface area (Å²) < 4.78 is 15.6. The lowest BCUT2D eigenvalue weighted by Gasteiger charge is -2.23. The molecule has 1 atom stereocenters. The van der Waals surface area contributed by atoms with Gasteiger partial charge in [0.1, 0.15) is 17.3 Å². The molecule has 8 heteroatoms. The summed E-state index contributed by atoms with van der Waals surface area (Å²) in [6.07, 6.45) is 0. The minimum Gasteiger partial charge on any atom is -0.507 e. The van der Waals surface area contributed by atoms with Crippen LogP contribution in [0.25, 0.3) is 5.76 Å². The second kappa shape index (κ2) is 8.45. The van der Waals surface area contributed by atoms with Crippen LogP contribution in [0.1, 0.15) is 16.5 Å². The predicted octanol–water partition coefficient (Wildman–Crippen LogP) is 2.83. The summed E-state index contributed by atoms with van der Waals surface area (Å²) in [5, 5.41) is 12.9. The van der Waals surface area contributed by atoms with Crippen LogP contribution in [0.2, 0.25) is 0 Å². The number of likely N-dealkylation sites (tertiary alicyclic amines) is 1. The number of thiophene rings is 1. The highest BCUT2D eigenvalue weighted by molar-refractivity contribution is 7.10. The molecule has 1 unspecified atom stereocenters. The lowest BCUT2D eigenvalue weighted by atomic mass is 9.99. The molecule has 1 aliphatic heterocycles.